The average Bonchev–Trinajstić information content (AvgIpc) is 2.68. The van der Waals surface area contributed by atoms with Gasteiger partial charge in [0.15, 0.2) is 0 Å². The minimum absolute atomic E-state index is 0.245. The van der Waals surface area contributed by atoms with E-state index in [0.717, 1.165) is 16.0 Å². The van der Waals surface area contributed by atoms with Crippen molar-refractivity contribution in [2.45, 2.75) is 11.8 Å². The lowest BCUT2D eigenvalue weighted by molar-refractivity contribution is 0.439. The van der Waals surface area contributed by atoms with Crippen molar-refractivity contribution in [3.05, 3.63) is 23.8 Å². The highest BCUT2D eigenvalue weighted by Crippen LogP contribution is 2.35. The van der Waals surface area contributed by atoms with Gasteiger partial charge in [0, 0.05) is 16.5 Å². The lowest BCUT2D eigenvalue weighted by Gasteiger charge is -2.07. The van der Waals surface area contributed by atoms with Crippen molar-refractivity contribution in [1.82, 2.24) is 5.16 Å². The third-order valence-electron chi connectivity index (χ3n) is 2.32. The maximum Gasteiger partial charge on any atom is 0.222 e. The van der Waals surface area contributed by atoms with Crippen LogP contribution in [0.4, 0.5) is 5.88 Å². The lowest BCUT2D eigenvalue weighted by Crippen LogP contribution is -1.85. The SMILES string of the molecule is CSc1cc(C)c(O)cc1-c1cc(N)on1. The predicted octanol–water partition coefficient (Wildman–Crippen LogP) is 2.66. The minimum atomic E-state index is 0.245. The predicted molar refractivity (Wildman–Crippen MR) is 64.5 cm³/mol. The summed E-state index contributed by atoms with van der Waals surface area (Å²) in [5.41, 5.74) is 7.78. The van der Waals surface area contributed by atoms with Crippen LogP contribution in [0.15, 0.2) is 27.6 Å². The van der Waals surface area contributed by atoms with Gasteiger partial charge in [-0.15, -0.1) is 11.8 Å². The summed E-state index contributed by atoms with van der Waals surface area (Å²) in [6, 6.07) is 5.24. The van der Waals surface area contributed by atoms with Crippen LogP contribution in [0.5, 0.6) is 5.75 Å². The first-order valence-electron chi connectivity index (χ1n) is 4.72. The van der Waals surface area contributed by atoms with E-state index in [2.05, 4.69) is 5.16 Å². The molecule has 0 aliphatic heterocycles. The van der Waals surface area contributed by atoms with Crippen LogP contribution in [0.3, 0.4) is 0 Å². The van der Waals surface area contributed by atoms with Gasteiger partial charge in [-0.3, -0.25) is 0 Å². The van der Waals surface area contributed by atoms with E-state index in [1.54, 1.807) is 23.9 Å². The number of nitrogen functional groups attached to an aromatic ring is 1. The van der Waals surface area contributed by atoms with Gasteiger partial charge < -0.3 is 15.4 Å². The molecule has 0 fully saturated rings. The van der Waals surface area contributed by atoms with Crippen molar-refractivity contribution in [2.24, 2.45) is 0 Å². The Morgan fingerprint density at radius 2 is 2.12 bits per heavy atom. The largest absolute Gasteiger partial charge is 0.508 e. The Morgan fingerprint density at radius 1 is 1.38 bits per heavy atom. The molecule has 4 nitrogen and oxygen atoms in total. The molecule has 0 bridgehead atoms. The molecule has 0 unspecified atom stereocenters. The van der Waals surface area contributed by atoms with E-state index >= 15 is 0 Å². The maximum absolute atomic E-state index is 9.69. The zero-order valence-corrected chi connectivity index (χ0v) is 9.84. The number of nitrogens with two attached hydrogens (primary N) is 1. The molecule has 1 aromatic heterocycles. The van der Waals surface area contributed by atoms with Crippen molar-refractivity contribution >= 4 is 17.6 Å². The van der Waals surface area contributed by atoms with Crippen LogP contribution in [-0.4, -0.2) is 16.5 Å². The Kier molecular flexibility index (Phi) is 2.78. The van der Waals surface area contributed by atoms with E-state index < -0.39 is 0 Å². The minimum Gasteiger partial charge on any atom is -0.508 e. The number of hydrogen-bond donors (Lipinski definition) is 2. The van der Waals surface area contributed by atoms with Crippen LogP contribution >= 0.6 is 11.8 Å². The first kappa shape index (κ1) is 10.9. The number of aromatic nitrogens is 1. The van der Waals surface area contributed by atoms with Crippen LogP contribution < -0.4 is 5.73 Å². The van der Waals surface area contributed by atoms with Gasteiger partial charge in [0.1, 0.15) is 11.4 Å². The Morgan fingerprint density at radius 3 is 2.69 bits per heavy atom. The second-order valence-electron chi connectivity index (χ2n) is 3.45. The molecule has 84 valence electrons. The van der Waals surface area contributed by atoms with E-state index in [0.29, 0.717) is 5.69 Å². The molecule has 0 aliphatic rings. The summed E-state index contributed by atoms with van der Waals surface area (Å²) in [5, 5.41) is 13.5. The molecule has 2 rings (SSSR count). The molecule has 1 heterocycles. The van der Waals surface area contributed by atoms with E-state index in [-0.39, 0.29) is 11.6 Å². The van der Waals surface area contributed by atoms with Gasteiger partial charge in [0.05, 0.1) is 0 Å². The molecule has 3 N–H and O–H groups in total. The number of phenols is 1. The van der Waals surface area contributed by atoms with Crippen molar-refractivity contribution in [3.8, 4) is 17.0 Å². The quantitative estimate of drug-likeness (QED) is 0.784. The first-order chi connectivity index (χ1) is 7.61. The number of benzene rings is 1. The van der Waals surface area contributed by atoms with E-state index in [9.17, 15) is 5.11 Å². The van der Waals surface area contributed by atoms with E-state index in [4.69, 9.17) is 10.3 Å². The van der Waals surface area contributed by atoms with E-state index in [1.807, 2.05) is 19.2 Å². The van der Waals surface area contributed by atoms with Crippen molar-refractivity contribution in [3.63, 3.8) is 0 Å². The van der Waals surface area contributed by atoms with Gasteiger partial charge in [0.25, 0.3) is 0 Å². The van der Waals surface area contributed by atoms with Gasteiger partial charge in [-0.1, -0.05) is 5.16 Å². The number of thioether (sulfide) groups is 1. The summed E-state index contributed by atoms with van der Waals surface area (Å²) in [6.07, 6.45) is 1.97. The van der Waals surface area contributed by atoms with Gasteiger partial charge in [-0.25, -0.2) is 0 Å². The zero-order valence-electron chi connectivity index (χ0n) is 9.02. The highest BCUT2D eigenvalue weighted by atomic mass is 32.2. The fraction of sp³-hybridized carbons (Fsp3) is 0.182. The third kappa shape index (κ3) is 1.86. The summed E-state index contributed by atoms with van der Waals surface area (Å²) in [6.45, 7) is 1.86. The number of rotatable bonds is 2. The Balaban J connectivity index is 2.59. The monoisotopic (exact) mass is 236 g/mol. The van der Waals surface area contributed by atoms with Crippen molar-refractivity contribution in [2.75, 3.05) is 12.0 Å². The summed E-state index contributed by atoms with van der Waals surface area (Å²) >= 11 is 1.59. The highest BCUT2D eigenvalue weighted by molar-refractivity contribution is 7.98. The Labute approximate surface area is 97.4 Å². The lowest BCUT2D eigenvalue weighted by atomic mass is 10.1. The van der Waals surface area contributed by atoms with Gasteiger partial charge in [-0.05, 0) is 30.9 Å². The highest BCUT2D eigenvalue weighted by Gasteiger charge is 2.12. The molecular weight excluding hydrogens is 224 g/mol. The molecule has 0 aliphatic carbocycles. The number of nitrogens with zero attached hydrogens (tertiary/aromatic N) is 1. The molecule has 5 heteroatoms. The standard InChI is InChI=1S/C11H12N2O2S/c1-6-3-10(16-2)7(4-9(6)14)8-5-11(12)15-13-8/h3-5,14H,12H2,1-2H3. The number of hydrogen-bond acceptors (Lipinski definition) is 5. The molecule has 0 radical (unpaired) electrons. The summed E-state index contributed by atoms with van der Waals surface area (Å²) in [7, 11) is 0. The topological polar surface area (TPSA) is 72.3 Å². The average molecular weight is 236 g/mol. The van der Waals surface area contributed by atoms with Crippen molar-refractivity contribution < 1.29 is 9.63 Å². The molecule has 0 atom stereocenters. The first-order valence-corrected chi connectivity index (χ1v) is 5.94. The molecule has 2 aromatic rings. The molecule has 0 amide bonds. The zero-order chi connectivity index (χ0) is 11.7. The maximum atomic E-state index is 9.69. The molecule has 16 heavy (non-hydrogen) atoms. The fourth-order valence-corrected chi connectivity index (χ4v) is 2.13. The molecular formula is C11H12N2O2S. The Bertz CT molecular complexity index is 523. The van der Waals surface area contributed by atoms with Crippen LogP contribution in [0, 0.1) is 6.92 Å². The number of aryl methyl sites for hydroxylation is 1. The molecule has 0 saturated heterocycles. The summed E-state index contributed by atoms with van der Waals surface area (Å²) < 4.78 is 4.83. The van der Waals surface area contributed by atoms with E-state index in [1.165, 1.54) is 0 Å². The Hall–Kier alpha value is -1.62. The smallest absolute Gasteiger partial charge is 0.222 e. The second kappa shape index (κ2) is 4.09. The molecule has 0 saturated carbocycles. The van der Waals surface area contributed by atoms with Crippen molar-refractivity contribution in [1.29, 1.82) is 0 Å². The number of anilines is 1. The normalized spacial score (nSPS) is 10.6. The van der Waals surface area contributed by atoms with Crippen LogP contribution in [0.1, 0.15) is 5.56 Å². The fourth-order valence-electron chi connectivity index (χ4n) is 1.46. The molecule has 0 spiro atoms. The number of phenolic OH excluding ortho intramolecular Hbond substituents is 1. The number of aromatic hydroxyl groups is 1. The third-order valence-corrected chi connectivity index (χ3v) is 3.10. The van der Waals surface area contributed by atoms with Crippen LogP contribution in [-0.2, 0) is 0 Å². The van der Waals surface area contributed by atoms with Crippen LogP contribution in [0.2, 0.25) is 0 Å². The summed E-state index contributed by atoms with van der Waals surface area (Å²) in [4.78, 5) is 1.03. The van der Waals surface area contributed by atoms with Gasteiger partial charge in [-0.2, -0.15) is 0 Å². The van der Waals surface area contributed by atoms with Gasteiger partial charge >= 0.3 is 0 Å². The van der Waals surface area contributed by atoms with Crippen LogP contribution in [0.25, 0.3) is 11.3 Å². The van der Waals surface area contributed by atoms with Gasteiger partial charge in [0.2, 0.25) is 5.88 Å². The summed E-state index contributed by atoms with van der Waals surface area (Å²) in [5.74, 6) is 0.511. The molecule has 1 aromatic carbocycles. The second-order valence-corrected chi connectivity index (χ2v) is 4.30.